The number of esters is 2. The molecule has 4 nitrogen and oxygen atoms in total. The lowest BCUT2D eigenvalue weighted by Gasteiger charge is -2.10. The van der Waals surface area contributed by atoms with Gasteiger partial charge in [-0.1, -0.05) is 48.5 Å². The van der Waals surface area contributed by atoms with Crippen LogP contribution >= 0.6 is 0 Å². The molecule has 0 heterocycles. The van der Waals surface area contributed by atoms with Gasteiger partial charge in [0, 0.05) is 6.08 Å². The number of alkyl halides is 3. The molecule has 27 heavy (non-hydrogen) atoms. The van der Waals surface area contributed by atoms with Gasteiger partial charge in [0.15, 0.2) is 6.61 Å². The van der Waals surface area contributed by atoms with Gasteiger partial charge in [-0.3, -0.25) is 0 Å². The Kier molecular flexibility index (Phi) is 6.76. The summed E-state index contributed by atoms with van der Waals surface area (Å²) < 4.78 is 45.3. The highest BCUT2D eigenvalue weighted by atomic mass is 19.4. The molecule has 0 aliphatic carbocycles. The second-order valence-corrected chi connectivity index (χ2v) is 5.41. The topological polar surface area (TPSA) is 52.6 Å². The number of halogens is 3. The Labute approximate surface area is 153 Å². The molecular weight excluding hydrogens is 361 g/mol. The molecule has 0 aliphatic heterocycles. The number of rotatable bonds is 6. The molecule has 7 heteroatoms. The fourth-order valence-corrected chi connectivity index (χ4v) is 2.36. The highest BCUT2D eigenvalue weighted by Crippen LogP contribution is 2.26. The number of hydrogen-bond acceptors (Lipinski definition) is 4. The maximum Gasteiger partial charge on any atom is 0.422 e. The molecule has 0 saturated heterocycles. The van der Waals surface area contributed by atoms with Crippen molar-refractivity contribution in [2.75, 3.05) is 13.2 Å². The quantitative estimate of drug-likeness (QED) is 0.423. The van der Waals surface area contributed by atoms with Gasteiger partial charge in [-0.15, -0.1) is 0 Å². The molecule has 0 aliphatic rings. The van der Waals surface area contributed by atoms with Crippen molar-refractivity contribution < 1.29 is 32.2 Å². The van der Waals surface area contributed by atoms with E-state index in [-0.39, 0.29) is 12.2 Å². The van der Waals surface area contributed by atoms with Crippen LogP contribution in [0.2, 0.25) is 0 Å². The van der Waals surface area contributed by atoms with E-state index >= 15 is 0 Å². The summed E-state index contributed by atoms with van der Waals surface area (Å²) in [4.78, 5) is 23.7. The summed E-state index contributed by atoms with van der Waals surface area (Å²) in [7, 11) is 0. The largest absolute Gasteiger partial charge is 0.462 e. The maximum atomic E-state index is 12.3. The van der Waals surface area contributed by atoms with Crippen LogP contribution in [0.3, 0.4) is 0 Å². The highest BCUT2D eigenvalue weighted by Gasteiger charge is 2.29. The average molecular weight is 378 g/mol. The van der Waals surface area contributed by atoms with E-state index in [1.165, 1.54) is 6.08 Å². The minimum atomic E-state index is -4.60. The fraction of sp³-hybridized carbons (Fsp3) is 0.200. The van der Waals surface area contributed by atoms with Crippen LogP contribution in [0.5, 0.6) is 0 Å². The third-order valence-corrected chi connectivity index (χ3v) is 3.45. The molecule has 0 saturated carbocycles. The van der Waals surface area contributed by atoms with Crippen LogP contribution in [0.4, 0.5) is 13.2 Å². The number of fused-ring (bicyclic) bond motifs is 1. The van der Waals surface area contributed by atoms with Gasteiger partial charge in [0.2, 0.25) is 0 Å². The first-order chi connectivity index (χ1) is 12.8. The lowest BCUT2D eigenvalue weighted by atomic mass is 9.98. The number of carbonyl (C=O) groups excluding carboxylic acids is 2. The van der Waals surface area contributed by atoms with E-state index in [0.717, 1.165) is 22.9 Å². The lowest BCUT2D eigenvalue weighted by Crippen LogP contribution is -2.19. The molecule has 2 aromatic rings. The molecule has 0 amide bonds. The van der Waals surface area contributed by atoms with E-state index in [4.69, 9.17) is 4.74 Å². The van der Waals surface area contributed by atoms with Crippen LogP contribution in [0, 0.1) is 0 Å². The third kappa shape index (κ3) is 5.99. The van der Waals surface area contributed by atoms with Gasteiger partial charge in [0.25, 0.3) is 0 Å². The summed E-state index contributed by atoms with van der Waals surface area (Å²) in [6, 6.07) is 12.8. The summed E-state index contributed by atoms with van der Waals surface area (Å²) in [6.07, 6.45) is -1.31. The molecule has 2 rings (SSSR count). The second-order valence-electron chi connectivity index (χ2n) is 5.41. The first-order valence-corrected chi connectivity index (χ1v) is 8.09. The van der Waals surface area contributed by atoms with Crippen molar-refractivity contribution in [1.29, 1.82) is 0 Å². The highest BCUT2D eigenvalue weighted by molar-refractivity contribution is 6.20. The van der Waals surface area contributed by atoms with Crippen LogP contribution < -0.4 is 0 Å². The Morgan fingerprint density at radius 3 is 2.44 bits per heavy atom. The first kappa shape index (κ1) is 20.2. The van der Waals surface area contributed by atoms with Gasteiger partial charge in [-0.2, -0.15) is 13.2 Å². The SMILES string of the molecule is CCOC(=O)/C(=C\C=C\C(=O)OCC(F)(F)F)c1cccc2ccccc12. The van der Waals surface area contributed by atoms with Crippen molar-refractivity contribution in [2.45, 2.75) is 13.1 Å². The van der Waals surface area contributed by atoms with Gasteiger partial charge < -0.3 is 9.47 Å². The Hall–Kier alpha value is -3.09. The van der Waals surface area contributed by atoms with Crippen LogP contribution in [0.25, 0.3) is 16.3 Å². The Balaban J connectivity index is 2.32. The predicted molar refractivity (Wildman–Crippen MR) is 94.7 cm³/mol. The third-order valence-electron chi connectivity index (χ3n) is 3.45. The van der Waals surface area contributed by atoms with Crippen LogP contribution in [0.1, 0.15) is 12.5 Å². The normalized spacial score (nSPS) is 12.4. The Morgan fingerprint density at radius 1 is 1.04 bits per heavy atom. The van der Waals surface area contributed by atoms with Gasteiger partial charge in [0.05, 0.1) is 12.2 Å². The van der Waals surface area contributed by atoms with E-state index < -0.39 is 24.7 Å². The summed E-state index contributed by atoms with van der Waals surface area (Å²) in [5, 5.41) is 1.70. The van der Waals surface area contributed by atoms with Gasteiger partial charge in [-0.05, 0) is 29.3 Å². The van der Waals surface area contributed by atoms with Gasteiger partial charge in [0.1, 0.15) is 0 Å². The number of carbonyl (C=O) groups is 2. The fourth-order valence-electron chi connectivity index (χ4n) is 2.36. The standard InChI is InChI=1S/C20H17F3O4/c1-2-26-19(25)17(11-6-12-18(24)27-13-20(21,22)23)16-10-5-8-14-7-3-4-9-15(14)16/h3-12H,2,13H2,1H3/b12-6+,17-11-. The van der Waals surface area contributed by atoms with Crippen molar-refractivity contribution in [2.24, 2.45) is 0 Å². The number of benzene rings is 2. The summed E-state index contributed by atoms with van der Waals surface area (Å²) in [5.74, 6) is -1.77. The second kappa shape index (κ2) is 9.02. The molecule has 0 fully saturated rings. The summed E-state index contributed by atoms with van der Waals surface area (Å²) in [6.45, 7) is 0.134. The molecule has 2 aromatic carbocycles. The first-order valence-electron chi connectivity index (χ1n) is 8.09. The number of hydrogen-bond donors (Lipinski definition) is 0. The van der Waals surface area contributed by atoms with Crippen molar-refractivity contribution >= 4 is 28.3 Å². The molecule has 0 radical (unpaired) electrons. The smallest absolute Gasteiger partial charge is 0.422 e. The molecule has 0 N–H and O–H groups in total. The van der Waals surface area contributed by atoms with E-state index in [2.05, 4.69) is 4.74 Å². The Bertz CT molecular complexity index is 877. The van der Waals surface area contributed by atoms with Crippen molar-refractivity contribution in [1.82, 2.24) is 0 Å². The summed E-state index contributed by atoms with van der Waals surface area (Å²) >= 11 is 0. The van der Waals surface area contributed by atoms with Crippen LogP contribution in [-0.2, 0) is 19.1 Å². The van der Waals surface area contributed by atoms with Crippen molar-refractivity contribution in [3.05, 3.63) is 66.3 Å². The van der Waals surface area contributed by atoms with Crippen molar-refractivity contribution in [3.8, 4) is 0 Å². The number of allylic oxidation sites excluding steroid dienone is 2. The monoisotopic (exact) mass is 378 g/mol. The molecule has 142 valence electrons. The zero-order valence-electron chi connectivity index (χ0n) is 14.5. The zero-order valence-corrected chi connectivity index (χ0v) is 14.5. The van der Waals surface area contributed by atoms with E-state index in [9.17, 15) is 22.8 Å². The predicted octanol–water partition coefficient (Wildman–Crippen LogP) is 4.45. The van der Waals surface area contributed by atoms with Crippen molar-refractivity contribution in [3.63, 3.8) is 0 Å². The van der Waals surface area contributed by atoms with E-state index in [0.29, 0.717) is 5.56 Å². The molecule has 0 bridgehead atoms. The maximum absolute atomic E-state index is 12.3. The average Bonchev–Trinajstić information content (AvgIpc) is 2.63. The minimum absolute atomic E-state index is 0.151. The summed E-state index contributed by atoms with van der Waals surface area (Å²) in [5.41, 5.74) is 0.758. The van der Waals surface area contributed by atoms with Gasteiger partial charge in [-0.25, -0.2) is 9.59 Å². The van der Waals surface area contributed by atoms with Crippen LogP contribution in [0.15, 0.2) is 60.7 Å². The molecule has 0 atom stereocenters. The molecular formula is C20H17F3O4. The van der Waals surface area contributed by atoms with E-state index in [1.807, 2.05) is 30.3 Å². The van der Waals surface area contributed by atoms with Gasteiger partial charge >= 0.3 is 18.1 Å². The minimum Gasteiger partial charge on any atom is -0.462 e. The Morgan fingerprint density at radius 2 is 1.74 bits per heavy atom. The van der Waals surface area contributed by atoms with Crippen LogP contribution in [-0.4, -0.2) is 31.3 Å². The molecule has 0 aromatic heterocycles. The molecule has 0 unspecified atom stereocenters. The molecule has 0 spiro atoms. The van der Waals surface area contributed by atoms with E-state index in [1.54, 1.807) is 19.1 Å². The lowest BCUT2D eigenvalue weighted by molar-refractivity contribution is -0.182. The zero-order chi connectivity index (χ0) is 19.9. The number of ether oxygens (including phenoxy) is 2.